The third kappa shape index (κ3) is 4.19. The summed E-state index contributed by atoms with van der Waals surface area (Å²) in [5, 5.41) is 0. The van der Waals surface area contributed by atoms with E-state index in [0.29, 0.717) is 0 Å². The van der Waals surface area contributed by atoms with Gasteiger partial charge < -0.3 is 0 Å². The first-order valence-corrected chi connectivity index (χ1v) is 4.05. The van der Waals surface area contributed by atoms with Crippen molar-refractivity contribution in [3.8, 4) is 0 Å². The molecule has 0 heterocycles. The van der Waals surface area contributed by atoms with Crippen LogP contribution in [0.25, 0.3) is 0 Å². The van der Waals surface area contributed by atoms with E-state index in [4.69, 9.17) is 0 Å². The average molecular weight is 224 g/mol. The van der Waals surface area contributed by atoms with Gasteiger partial charge in [0.05, 0.1) is 0 Å². The molecule has 0 nitrogen and oxygen atoms in total. The summed E-state index contributed by atoms with van der Waals surface area (Å²) in [4.78, 5) is 0. The van der Waals surface area contributed by atoms with Crippen LogP contribution < -0.4 is 0 Å². The van der Waals surface area contributed by atoms with Gasteiger partial charge in [0.25, 0.3) is 0 Å². The van der Waals surface area contributed by atoms with Crippen LogP contribution in [-0.2, 0) is 0 Å². The minimum absolute atomic E-state index is 0.104. The SMILES string of the molecule is CC(C)(C(F)(F)F)C(F)(F)F.CCC. The van der Waals surface area contributed by atoms with Crippen molar-refractivity contribution in [1.29, 1.82) is 0 Å². The third-order valence-electron chi connectivity index (χ3n) is 1.42. The van der Waals surface area contributed by atoms with Crippen molar-refractivity contribution in [1.82, 2.24) is 0 Å². The monoisotopic (exact) mass is 224 g/mol. The van der Waals surface area contributed by atoms with E-state index in [-0.39, 0.29) is 13.8 Å². The van der Waals surface area contributed by atoms with Crippen molar-refractivity contribution in [2.24, 2.45) is 5.41 Å². The van der Waals surface area contributed by atoms with Gasteiger partial charge in [-0.05, 0) is 13.8 Å². The molecule has 0 aliphatic heterocycles. The first-order valence-electron chi connectivity index (χ1n) is 4.05. The van der Waals surface area contributed by atoms with Gasteiger partial charge in [-0.25, -0.2) is 0 Å². The Labute approximate surface area is 79.3 Å². The second-order valence-corrected chi connectivity index (χ2v) is 3.33. The van der Waals surface area contributed by atoms with Gasteiger partial charge in [-0.2, -0.15) is 26.3 Å². The Kier molecular flexibility index (Phi) is 5.59. The van der Waals surface area contributed by atoms with E-state index in [0.717, 1.165) is 0 Å². The summed E-state index contributed by atoms with van der Waals surface area (Å²) in [6.45, 7) is 4.46. The van der Waals surface area contributed by atoms with Gasteiger partial charge in [-0.1, -0.05) is 20.3 Å². The quantitative estimate of drug-likeness (QED) is 0.529. The molecule has 0 aromatic carbocycles. The minimum atomic E-state index is -5.24. The Morgan fingerprint density at radius 2 is 0.857 bits per heavy atom. The zero-order valence-corrected chi connectivity index (χ0v) is 8.47. The second kappa shape index (κ2) is 4.89. The summed E-state index contributed by atoms with van der Waals surface area (Å²) >= 11 is 0. The maximum absolute atomic E-state index is 11.6. The Hall–Kier alpha value is -0.420. The van der Waals surface area contributed by atoms with Crippen LogP contribution in [0.5, 0.6) is 0 Å². The molecule has 0 radical (unpaired) electrons. The molecule has 0 aliphatic rings. The van der Waals surface area contributed by atoms with E-state index in [9.17, 15) is 26.3 Å². The molecule has 0 fully saturated rings. The van der Waals surface area contributed by atoms with E-state index in [2.05, 4.69) is 13.8 Å². The van der Waals surface area contributed by atoms with Gasteiger partial charge in [0, 0.05) is 0 Å². The molecule has 0 saturated carbocycles. The number of halogens is 6. The van der Waals surface area contributed by atoms with Crippen LogP contribution in [0.4, 0.5) is 26.3 Å². The highest BCUT2D eigenvalue weighted by Crippen LogP contribution is 2.49. The van der Waals surface area contributed by atoms with Crippen LogP contribution in [0.2, 0.25) is 0 Å². The van der Waals surface area contributed by atoms with Crippen LogP contribution in [0.1, 0.15) is 34.1 Å². The zero-order chi connectivity index (χ0) is 12.2. The molecule has 6 heteroatoms. The summed E-state index contributed by atoms with van der Waals surface area (Å²) < 4.78 is 69.7. The molecular weight excluding hydrogens is 210 g/mol. The highest BCUT2D eigenvalue weighted by Gasteiger charge is 2.64. The molecule has 0 spiro atoms. The van der Waals surface area contributed by atoms with E-state index in [1.807, 2.05) is 0 Å². The molecule has 0 rings (SSSR count). The molecule has 0 bridgehead atoms. The average Bonchev–Trinajstić information content (AvgIpc) is 1.83. The van der Waals surface area contributed by atoms with Crippen molar-refractivity contribution < 1.29 is 26.3 Å². The van der Waals surface area contributed by atoms with Gasteiger partial charge in [-0.15, -0.1) is 0 Å². The van der Waals surface area contributed by atoms with E-state index in [1.54, 1.807) is 0 Å². The lowest BCUT2D eigenvalue weighted by Crippen LogP contribution is -2.44. The largest absolute Gasteiger partial charge is 0.402 e. The first kappa shape index (κ1) is 16.0. The Morgan fingerprint density at radius 3 is 0.857 bits per heavy atom. The molecule has 0 aromatic rings. The second-order valence-electron chi connectivity index (χ2n) is 3.33. The Morgan fingerprint density at radius 1 is 0.714 bits per heavy atom. The smallest absolute Gasteiger partial charge is 0.170 e. The molecule has 0 N–H and O–H groups in total. The van der Waals surface area contributed by atoms with E-state index in [1.165, 1.54) is 6.42 Å². The summed E-state index contributed by atoms with van der Waals surface area (Å²) in [6, 6.07) is 0. The van der Waals surface area contributed by atoms with Crippen molar-refractivity contribution in [3.63, 3.8) is 0 Å². The fraction of sp³-hybridized carbons (Fsp3) is 1.00. The van der Waals surface area contributed by atoms with Crippen LogP contribution in [-0.4, -0.2) is 12.4 Å². The maximum atomic E-state index is 11.6. The molecule has 14 heavy (non-hydrogen) atoms. The maximum Gasteiger partial charge on any atom is 0.402 e. The van der Waals surface area contributed by atoms with Gasteiger partial charge in [0.1, 0.15) is 0 Å². The normalized spacial score (nSPS) is 13.3. The summed E-state index contributed by atoms with van der Waals surface area (Å²) in [5.41, 5.74) is -3.62. The van der Waals surface area contributed by atoms with Gasteiger partial charge in [0.2, 0.25) is 0 Å². The predicted molar refractivity (Wildman–Crippen MR) is 41.9 cm³/mol. The van der Waals surface area contributed by atoms with E-state index < -0.39 is 17.8 Å². The lowest BCUT2D eigenvalue weighted by atomic mass is 9.92. The van der Waals surface area contributed by atoms with Crippen LogP contribution in [0.3, 0.4) is 0 Å². The minimum Gasteiger partial charge on any atom is -0.170 e. The number of rotatable bonds is 0. The molecular formula is C8H14F6. The van der Waals surface area contributed by atoms with Gasteiger partial charge >= 0.3 is 12.4 Å². The highest BCUT2D eigenvalue weighted by molar-refractivity contribution is 4.84. The van der Waals surface area contributed by atoms with Crippen molar-refractivity contribution in [3.05, 3.63) is 0 Å². The fourth-order valence-electron chi connectivity index (χ4n) is 0.161. The lowest BCUT2D eigenvalue weighted by molar-refractivity contribution is -0.327. The third-order valence-corrected chi connectivity index (χ3v) is 1.42. The molecule has 88 valence electrons. The molecule has 0 unspecified atom stereocenters. The van der Waals surface area contributed by atoms with Crippen molar-refractivity contribution in [2.45, 2.75) is 46.5 Å². The predicted octanol–water partition coefficient (Wildman–Crippen LogP) is 4.55. The topological polar surface area (TPSA) is 0 Å². The van der Waals surface area contributed by atoms with Crippen LogP contribution in [0, 0.1) is 5.41 Å². The molecule has 0 aromatic heterocycles. The highest BCUT2D eigenvalue weighted by atomic mass is 19.4. The standard InChI is InChI=1S/C5H6F6.C3H8/c1-3(2,4(6,7)8)5(9,10)11;1-3-2/h1-2H3;3H2,1-2H3. The van der Waals surface area contributed by atoms with Crippen molar-refractivity contribution in [2.75, 3.05) is 0 Å². The molecule has 0 saturated heterocycles. The molecule has 0 atom stereocenters. The number of hydrogen-bond donors (Lipinski definition) is 0. The Bertz CT molecular complexity index is 136. The van der Waals surface area contributed by atoms with Crippen LogP contribution in [0.15, 0.2) is 0 Å². The molecule has 0 amide bonds. The summed E-state index contributed by atoms with van der Waals surface area (Å²) in [5.74, 6) is 0. The van der Waals surface area contributed by atoms with Crippen molar-refractivity contribution >= 4 is 0 Å². The molecule has 0 aliphatic carbocycles. The van der Waals surface area contributed by atoms with Gasteiger partial charge in [-0.3, -0.25) is 0 Å². The van der Waals surface area contributed by atoms with E-state index >= 15 is 0 Å². The lowest BCUT2D eigenvalue weighted by Gasteiger charge is -2.29. The fourth-order valence-corrected chi connectivity index (χ4v) is 0.161. The Balaban J connectivity index is 0. The summed E-state index contributed by atoms with van der Waals surface area (Å²) in [7, 11) is 0. The first-order chi connectivity index (χ1) is 5.91. The van der Waals surface area contributed by atoms with Crippen LogP contribution >= 0.6 is 0 Å². The number of alkyl halides is 6. The summed E-state index contributed by atoms with van der Waals surface area (Å²) in [6.07, 6.45) is -9.24. The van der Waals surface area contributed by atoms with Gasteiger partial charge in [0.15, 0.2) is 5.41 Å². The number of hydrogen-bond acceptors (Lipinski definition) is 0. The zero-order valence-electron chi connectivity index (χ0n) is 8.47.